The fourth-order valence-electron chi connectivity index (χ4n) is 1.22. The molecule has 1 aromatic heterocycles. The van der Waals surface area contributed by atoms with Gasteiger partial charge in [0.25, 0.3) is 0 Å². The first-order valence-electron chi connectivity index (χ1n) is 4.18. The van der Waals surface area contributed by atoms with Gasteiger partial charge in [-0.3, -0.25) is 0 Å². The van der Waals surface area contributed by atoms with E-state index < -0.39 is 0 Å². The van der Waals surface area contributed by atoms with Gasteiger partial charge in [-0.05, 0) is 18.2 Å². The molecule has 0 radical (unpaired) electrons. The van der Waals surface area contributed by atoms with E-state index in [-0.39, 0.29) is 0 Å². The number of rotatable bonds is 2. The van der Waals surface area contributed by atoms with Crippen LogP contribution in [0.2, 0.25) is 0 Å². The van der Waals surface area contributed by atoms with Gasteiger partial charge in [-0.15, -0.1) is 0 Å². The molecule has 0 amide bonds. The first-order chi connectivity index (χ1) is 6.40. The van der Waals surface area contributed by atoms with Crippen molar-refractivity contribution < 1.29 is 4.42 Å². The van der Waals surface area contributed by atoms with Crippen LogP contribution in [-0.2, 0) is 0 Å². The summed E-state index contributed by atoms with van der Waals surface area (Å²) in [5, 5.41) is 0. The molecule has 0 saturated heterocycles. The minimum absolute atomic E-state index is 0.804. The smallest absolute Gasteiger partial charge is 0.134 e. The van der Waals surface area contributed by atoms with Crippen molar-refractivity contribution >= 4 is 6.08 Å². The average Bonchev–Trinajstić information content (AvgIpc) is 2.67. The van der Waals surface area contributed by atoms with Crippen molar-refractivity contribution in [1.29, 1.82) is 0 Å². The number of hydrogen-bond acceptors (Lipinski definition) is 1. The fourth-order valence-corrected chi connectivity index (χ4v) is 1.22. The van der Waals surface area contributed by atoms with Crippen molar-refractivity contribution in [1.82, 2.24) is 0 Å². The summed E-state index contributed by atoms with van der Waals surface area (Å²) in [4.78, 5) is 0. The van der Waals surface area contributed by atoms with Gasteiger partial charge in [0.1, 0.15) is 11.5 Å². The second-order valence-electron chi connectivity index (χ2n) is 2.77. The lowest BCUT2D eigenvalue weighted by Crippen LogP contribution is -1.69. The average molecular weight is 170 g/mol. The lowest BCUT2D eigenvalue weighted by molar-refractivity contribution is 0.572. The van der Waals surface area contributed by atoms with Crippen molar-refractivity contribution in [2.75, 3.05) is 0 Å². The van der Waals surface area contributed by atoms with Crippen molar-refractivity contribution in [3.05, 3.63) is 54.8 Å². The third-order valence-electron chi connectivity index (χ3n) is 1.89. The van der Waals surface area contributed by atoms with Crippen LogP contribution in [0.25, 0.3) is 17.4 Å². The van der Waals surface area contributed by atoms with Crippen molar-refractivity contribution in [2.45, 2.75) is 0 Å². The van der Waals surface area contributed by atoms with E-state index in [1.165, 1.54) is 0 Å². The molecule has 0 aliphatic heterocycles. The van der Waals surface area contributed by atoms with Crippen LogP contribution >= 0.6 is 0 Å². The van der Waals surface area contributed by atoms with Crippen LogP contribution in [0.5, 0.6) is 0 Å². The largest absolute Gasteiger partial charge is 0.457 e. The third kappa shape index (κ3) is 1.54. The van der Waals surface area contributed by atoms with Crippen LogP contribution < -0.4 is 0 Å². The van der Waals surface area contributed by atoms with E-state index in [1.807, 2.05) is 42.5 Å². The van der Waals surface area contributed by atoms with E-state index in [2.05, 4.69) is 6.58 Å². The predicted molar refractivity (Wildman–Crippen MR) is 54.2 cm³/mol. The Hall–Kier alpha value is -1.76. The van der Waals surface area contributed by atoms with Gasteiger partial charge in [-0.25, -0.2) is 0 Å². The van der Waals surface area contributed by atoms with Crippen LogP contribution in [0.4, 0.5) is 0 Å². The number of hydrogen-bond donors (Lipinski definition) is 0. The molecular formula is C12H10O. The van der Waals surface area contributed by atoms with E-state index in [1.54, 1.807) is 6.08 Å². The Bertz CT molecular complexity index is 398. The second-order valence-corrected chi connectivity index (χ2v) is 2.77. The molecule has 2 rings (SSSR count). The number of furan rings is 1. The summed E-state index contributed by atoms with van der Waals surface area (Å²) in [5.74, 6) is 1.69. The van der Waals surface area contributed by atoms with Crippen LogP contribution in [0, 0.1) is 0 Å². The molecule has 0 bridgehead atoms. The molecule has 0 saturated carbocycles. The highest BCUT2D eigenvalue weighted by Gasteiger charge is 2.00. The van der Waals surface area contributed by atoms with Gasteiger partial charge in [0.05, 0.1) is 0 Å². The Labute approximate surface area is 77.3 Å². The SMILES string of the molecule is C=Cc1ccc(-c2ccccc2)o1. The van der Waals surface area contributed by atoms with Gasteiger partial charge < -0.3 is 4.42 Å². The van der Waals surface area contributed by atoms with Crippen molar-refractivity contribution in [3.63, 3.8) is 0 Å². The summed E-state index contributed by atoms with van der Waals surface area (Å²) in [5.41, 5.74) is 1.09. The minimum Gasteiger partial charge on any atom is -0.457 e. The maximum absolute atomic E-state index is 5.50. The van der Waals surface area contributed by atoms with Gasteiger partial charge in [0.2, 0.25) is 0 Å². The number of benzene rings is 1. The van der Waals surface area contributed by atoms with Crippen LogP contribution in [0.3, 0.4) is 0 Å². The maximum atomic E-state index is 5.50. The van der Waals surface area contributed by atoms with Gasteiger partial charge in [-0.1, -0.05) is 36.9 Å². The van der Waals surface area contributed by atoms with Gasteiger partial charge in [0, 0.05) is 5.56 Å². The topological polar surface area (TPSA) is 13.1 Å². The molecule has 0 fully saturated rings. The Kier molecular flexibility index (Phi) is 2.01. The second kappa shape index (κ2) is 3.31. The summed E-state index contributed by atoms with van der Waals surface area (Å²) in [6, 6.07) is 13.9. The molecule has 2 aromatic rings. The summed E-state index contributed by atoms with van der Waals surface area (Å²) in [7, 11) is 0. The van der Waals surface area contributed by atoms with E-state index in [0.29, 0.717) is 0 Å². The van der Waals surface area contributed by atoms with Crippen molar-refractivity contribution in [2.24, 2.45) is 0 Å². The lowest BCUT2D eigenvalue weighted by Gasteiger charge is -1.93. The molecule has 1 heteroatoms. The van der Waals surface area contributed by atoms with Crippen LogP contribution in [0.15, 0.2) is 53.5 Å². The molecule has 0 atom stereocenters. The van der Waals surface area contributed by atoms with Crippen LogP contribution in [-0.4, -0.2) is 0 Å². The zero-order valence-electron chi connectivity index (χ0n) is 7.23. The monoisotopic (exact) mass is 170 g/mol. The fraction of sp³-hybridized carbons (Fsp3) is 0. The molecule has 0 unspecified atom stereocenters. The Morgan fingerprint density at radius 2 is 1.77 bits per heavy atom. The third-order valence-corrected chi connectivity index (χ3v) is 1.89. The van der Waals surface area contributed by atoms with E-state index in [0.717, 1.165) is 17.1 Å². The van der Waals surface area contributed by atoms with Gasteiger partial charge >= 0.3 is 0 Å². The van der Waals surface area contributed by atoms with Crippen molar-refractivity contribution in [3.8, 4) is 11.3 Å². The molecule has 1 heterocycles. The Morgan fingerprint density at radius 1 is 1.00 bits per heavy atom. The minimum atomic E-state index is 0.804. The molecule has 13 heavy (non-hydrogen) atoms. The van der Waals surface area contributed by atoms with E-state index in [4.69, 9.17) is 4.42 Å². The molecule has 1 aromatic carbocycles. The quantitative estimate of drug-likeness (QED) is 0.671. The highest BCUT2D eigenvalue weighted by Crippen LogP contribution is 2.21. The zero-order valence-corrected chi connectivity index (χ0v) is 7.23. The normalized spacial score (nSPS) is 9.85. The first-order valence-corrected chi connectivity index (χ1v) is 4.18. The molecule has 0 spiro atoms. The molecule has 0 N–H and O–H groups in total. The summed E-state index contributed by atoms with van der Waals surface area (Å²) >= 11 is 0. The molecule has 0 aliphatic rings. The predicted octanol–water partition coefficient (Wildman–Crippen LogP) is 3.59. The Balaban J connectivity index is 2.41. The lowest BCUT2D eigenvalue weighted by atomic mass is 10.2. The Morgan fingerprint density at radius 3 is 2.38 bits per heavy atom. The molecule has 1 nitrogen and oxygen atoms in total. The zero-order chi connectivity index (χ0) is 9.10. The van der Waals surface area contributed by atoms with E-state index >= 15 is 0 Å². The molecule has 0 aliphatic carbocycles. The van der Waals surface area contributed by atoms with Gasteiger partial charge in [-0.2, -0.15) is 0 Å². The molecule has 64 valence electrons. The van der Waals surface area contributed by atoms with Crippen LogP contribution in [0.1, 0.15) is 5.76 Å². The summed E-state index contributed by atoms with van der Waals surface area (Å²) in [6.07, 6.45) is 1.70. The molecular weight excluding hydrogens is 160 g/mol. The highest BCUT2D eigenvalue weighted by molar-refractivity contribution is 5.59. The highest BCUT2D eigenvalue weighted by atomic mass is 16.3. The standard InChI is InChI=1S/C12H10O/c1-2-11-8-9-12(13-11)10-6-4-3-5-7-10/h2-9H,1H2. The maximum Gasteiger partial charge on any atom is 0.134 e. The van der Waals surface area contributed by atoms with Gasteiger partial charge in [0.15, 0.2) is 0 Å². The summed E-state index contributed by atoms with van der Waals surface area (Å²) in [6.45, 7) is 3.64. The first kappa shape index (κ1) is 7.87. The van der Waals surface area contributed by atoms with E-state index in [9.17, 15) is 0 Å². The summed E-state index contributed by atoms with van der Waals surface area (Å²) < 4.78 is 5.50.